The lowest BCUT2D eigenvalue weighted by Crippen LogP contribution is -2.38. The number of anilines is 1. The molecule has 0 bridgehead atoms. The van der Waals surface area contributed by atoms with Gasteiger partial charge in [-0.2, -0.15) is 0 Å². The molecule has 1 heterocycles. The Labute approximate surface area is 146 Å². The van der Waals surface area contributed by atoms with Gasteiger partial charge in [0.1, 0.15) is 17.7 Å². The molecule has 0 aliphatic carbocycles. The van der Waals surface area contributed by atoms with E-state index in [1.807, 2.05) is 37.3 Å². The van der Waals surface area contributed by atoms with Crippen LogP contribution in [0.5, 0.6) is 0 Å². The number of rotatable bonds is 7. The third-order valence-electron chi connectivity index (χ3n) is 3.71. The van der Waals surface area contributed by atoms with Crippen LogP contribution in [-0.2, 0) is 9.53 Å². The minimum atomic E-state index is -0.963. The largest absolute Gasteiger partial charge is 0.449 e. The van der Waals surface area contributed by atoms with Crippen LogP contribution in [-0.4, -0.2) is 27.9 Å². The van der Waals surface area contributed by atoms with Crippen LogP contribution in [0, 0.1) is 0 Å². The lowest BCUT2D eigenvalue weighted by atomic mass is 10.0. The van der Waals surface area contributed by atoms with Gasteiger partial charge in [0.15, 0.2) is 6.10 Å². The number of carbonyl (C=O) groups excluding carboxylic acids is 2. The maximum Gasteiger partial charge on any atom is 0.344 e. The molecule has 25 heavy (non-hydrogen) atoms. The van der Waals surface area contributed by atoms with Crippen molar-refractivity contribution in [3.05, 3.63) is 54.0 Å². The van der Waals surface area contributed by atoms with Crippen molar-refractivity contribution in [2.75, 3.05) is 5.73 Å². The van der Waals surface area contributed by atoms with Crippen LogP contribution >= 0.6 is 0 Å². The lowest BCUT2D eigenvalue weighted by Gasteiger charge is -2.21. The summed E-state index contributed by atoms with van der Waals surface area (Å²) in [6.45, 7) is 3.56. The number of nitrogens with one attached hydrogen (secondary N) is 1. The molecule has 0 saturated carbocycles. The number of nitrogens with zero attached hydrogens (tertiary/aromatic N) is 2. The summed E-state index contributed by atoms with van der Waals surface area (Å²) in [6, 6.07) is 9.55. The molecule has 0 saturated heterocycles. The molecule has 0 unspecified atom stereocenters. The Morgan fingerprint density at radius 3 is 2.64 bits per heavy atom. The smallest absolute Gasteiger partial charge is 0.344 e. The molecule has 1 aromatic heterocycles. The zero-order valence-corrected chi connectivity index (χ0v) is 14.3. The van der Waals surface area contributed by atoms with E-state index in [-0.39, 0.29) is 23.3 Å². The van der Waals surface area contributed by atoms with Gasteiger partial charge in [-0.15, -0.1) is 0 Å². The molecule has 0 aliphatic heterocycles. The van der Waals surface area contributed by atoms with Crippen LogP contribution in [0.15, 0.2) is 42.9 Å². The summed E-state index contributed by atoms with van der Waals surface area (Å²) in [6.07, 6.45) is 3.23. The number of nitrogen functional groups attached to an aromatic ring is 1. The van der Waals surface area contributed by atoms with E-state index in [4.69, 9.17) is 10.5 Å². The molecule has 7 nitrogen and oxygen atoms in total. The van der Waals surface area contributed by atoms with Crippen molar-refractivity contribution in [3.63, 3.8) is 0 Å². The number of hydrogen-bond acceptors (Lipinski definition) is 6. The topological polar surface area (TPSA) is 107 Å². The van der Waals surface area contributed by atoms with Gasteiger partial charge < -0.3 is 15.8 Å². The van der Waals surface area contributed by atoms with Gasteiger partial charge in [0.05, 0.1) is 6.04 Å². The molecule has 0 aliphatic rings. The first kappa shape index (κ1) is 18.4. The third kappa shape index (κ3) is 5.00. The van der Waals surface area contributed by atoms with Gasteiger partial charge in [-0.05, 0) is 18.9 Å². The molecule has 1 amide bonds. The van der Waals surface area contributed by atoms with E-state index >= 15 is 0 Å². The number of aromatic nitrogens is 2. The van der Waals surface area contributed by atoms with Crippen molar-refractivity contribution in [2.45, 2.75) is 38.8 Å². The second-order valence-electron chi connectivity index (χ2n) is 5.63. The van der Waals surface area contributed by atoms with E-state index < -0.39 is 12.1 Å². The minimum absolute atomic E-state index is 0.0146. The fourth-order valence-corrected chi connectivity index (χ4v) is 2.36. The van der Waals surface area contributed by atoms with E-state index in [0.717, 1.165) is 18.4 Å². The van der Waals surface area contributed by atoms with E-state index in [1.165, 1.54) is 19.4 Å². The second kappa shape index (κ2) is 8.77. The predicted molar refractivity (Wildman–Crippen MR) is 93.6 cm³/mol. The number of ether oxygens (including phenoxy) is 1. The zero-order chi connectivity index (χ0) is 18.2. The molecule has 3 N–H and O–H groups in total. The van der Waals surface area contributed by atoms with Gasteiger partial charge in [-0.25, -0.2) is 14.8 Å². The molecule has 0 fully saturated rings. The summed E-state index contributed by atoms with van der Waals surface area (Å²) in [5.74, 6) is -1.08. The monoisotopic (exact) mass is 342 g/mol. The van der Waals surface area contributed by atoms with Crippen LogP contribution in [0.3, 0.4) is 0 Å². The molecule has 2 rings (SSSR count). The number of carbonyl (C=O) groups is 2. The Bertz CT molecular complexity index is 721. The first-order valence-electron chi connectivity index (χ1n) is 8.14. The fourth-order valence-electron chi connectivity index (χ4n) is 2.36. The number of nitrogens with two attached hydrogens (primary N) is 1. The first-order chi connectivity index (χ1) is 12.0. The highest BCUT2D eigenvalue weighted by atomic mass is 16.5. The standard InChI is InChI=1S/C18H22N4O3/c1-3-7-15(13-8-5-4-6-9-13)22-17(23)12(2)25-18(24)14-10-20-11-21-16(14)19/h4-6,8-12,15H,3,7H2,1-2H3,(H,22,23)(H2,19,20,21)/t12-,15+/m0/s1. The maximum atomic E-state index is 12.4. The molecular formula is C18H22N4O3. The summed E-state index contributed by atoms with van der Waals surface area (Å²) in [4.78, 5) is 32.0. The molecule has 132 valence electrons. The highest BCUT2D eigenvalue weighted by Gasteiger charge is 2.23. The normalized spacial score (nSPS) is 12.9. The highest BCUT2D eigenvalue weighted by molar-refractivity contribution is 5.95. The van der Waals surface area contributed by atoms with Crippen LogP contribution in [0.4, 0.5) is 5.82 Å². The summed E-state index contributed by atoms with van der Waals surface area (Å²) in [5.41, 5.74) is 6.67. The Balaban J connectivity index is 2.01. The van der Waals surface area contributed by atoms with Gasteiger partial charge in [0.2, 0.25) is 0 Å². The van der Waals surface area contributed by atoms with E-state index in [0.29, 0.717) is 0 Å². The van der Waals surface area contributed by atoms with Crippen molar-refractivity contribution in [3.8, 4) is 0 Å². The predicted octanol–water partition coefficient (Wildman–Crippen LogP) is 2.26. The van der Waals surface area contributed by atoms with Crippen LogP contribution in [0.1, 0.15) is 48.7 Å². The summed E-state index contributed by atoms with van der Waals surface area (Å²) in [5, 5.41) is 2.93. The van der Waals surface area contributed by atoms with Gasteiger partial charge in [-0.1, -0.05) is 43.7 Å². The third-order valence-corrected chi connectivity index (χ3v) is 3.71. The first-order valence-corrected chi connectivity index (χ1v) is 8.14. The maximum absolute atomic E-state index is 12.4. The minimum Gasteiger partial charge on any atom is -0.449 e. The number of benzene rings is 1. The summed E-state index contributed by atoms with van der Waals surface area (Å²) in [7, 11) is 0. The van der Waals surface area contributed by atoms with Gasteiger partial charge >= 0.3 is 5.97 Å². The Morgan fingerprint density at radius 2 is 2.00 bits per heavy atom. The van der Waals surface area contributed by atoms with Crippen molar-refractivity contribution in [2.24, 2.45) is 0 Å². The zero-order valence-electron chi connectivity index (χ0n) is 14.3. The summed E-state index contributed by atoms with van der Waals surface area (Å²) < 4.78 is 5.18. The Kier molecular flexibility index (Phi) is 6.45. The average molecular weight is 342 g/mol. The highest BCUT2D eigenvalue weighted by Crippen LogP contribution is 2.18. The van der Waals surface area contributed by atoms with E-state index in [1.54, 1.807) is 0 Å². The quantitative estimate of drug-likeness (QED) is 0.747. The van der Waals surface area contributed by atoms with Crippen LogP contribution < -0.4 is 11.1 Å². The summed E-state index contributed by atoms with van der Waals surface area (Å²) >= 11 is 0. The molecule has 7 heteroatoms. The number of amides is 1. The number of esters is 1. The SMILES string of the molecule is CCC[C@@H](NC(=O)[C@H](C)OC(=O)c1cncnc1N)c1ccccc1. The Morgan fingerprint density at radius 1 is 1.28 bits per heavy atom. The van der Waals surface area contributed by atoms with Crippen molar-refractivity contribution in [1.82, 2.24) is 15.3 Å². The van der Waals surface area contributed by atoms with Gasteiger partial charge in [-0.3, -0.25) is 4.79 Å². The molecule has 0 radical (unpaired) electrons. The van der Waals surface area contributed by atoms with Crippen LogP contribution in [0.25, 0.3) is 0 Å². The van der Waals surface area contributed by atoms with Crippen LogP contribution in [0.2, 0.25) is 0 Å². The second-order valence-corrected chi connectivity index (χ2v) is 5.63. The molecule has 2 atom stereocenters. The lowest BCUT2D eigenvalue weighted by molar-refractivity contribution is -0.129. The van der Waals surface area contributed by atoms with Crippen molar-refractivity contribution in [1.29, 1.82) is 0 Å². The van der Waals surface area contributed by atoms with Gasteiger partial charge in [0.25, 0.3) is 5.91 Å². The Hall–Kier alpha value is -2.96. The molecule has 1 aromatic carbocycles. The van der Waals surface area contributed by atoms with E-state index in [2.05, 4.69) is 15.3 Å². The van der Waals surface area contributed by atoms with Crippen molar-refractivity contribution < 1.29 is 14.3 Å². The van der Waals surface area contributed by atoms with Crippen molar-refractivity contribution >= 4 is 17.7 Å². The molecule has 0 spiro atoms. The molecule has 2 aromatic rings. The fraction of sp³-hybridized carbons (Fsp3) is 0.333. The number of hydrogen-bond donors (Lipinski definition) is 2. The van der Waals surface area contributed by atoms with E-state index in [9.17, 15) is 9.59 Å². The molecular weight excluding hydrogens is 320 g/mol. The average Bonchev–Trinajstić information content (AvgIpc) is 2.62. The van der Waals surface area contributed by atoms with Gasteiger partial charge in [0, 0.05) is 6.20 Å².